The van der Waals surface area contributed by atoms with Gasteiger partial charge in [0.2, 0.25) is 0 Å². The first-order valence-electron chi connectivity index (χ1n) is 6.52. The summed E-state index contributed by atoms with van der Waals surface area (Å²) in [5, 5.41) is 7.17. The SMILES string of the molecule is C[C@@H](Oc1ccccc1)c1nc(-c2ccccc2)n[nH]1. The molecule has 0 aliphatic carbocycles. The number of hydrogen-bond acceptors (Lipinski definition) is 3. The lowest BCUT2D eigenvalue weighted by molar-refractivity contribution is 0.217. The molecule has 20 heavy (non-hydrogen) atoms. The van der Waals surface area contributed by atoms with Crippen molar-refractivity contribution in [1.82, 2.24) is 15.2 Å². The first-order chi connectivity index (χ1) is 9.83. The number of H-pyrrole nitrogens is 1. The Labute approximate surface area is 117 Å². The summed E-state index contributed by atoms with van der Waals surface area (Å²) in [6.45, 7) is 1.95. The van der Waals surface area contributed by atoms with Crippen LogP contribution in [-0.2, 0) is 0 Å². The van der Waals surface area contributed by atoms with E-state index in [4.69, 9.17) is 4.74 Å². The molecule has 3 aromatic rings. The first-order valence-corrected chi connectivity index (χ1v) is 6.52. The molecule has 1 atom stereocenters. The van der Waals surface area contributed by atoms with Crippen LogP contribution in [0.1, 0.15) is 18.9 Å². The zero-order chi connectivity index (χ0) is 13.8. The third-order valence-electron chi connectivity index (χ3n) is 2.98. The smallest absolute Gasteiger partial charge is 0.181 e. The number of nitrogens with zero attached hydrogens (tertiary/aromatic N) is 2. The van der Waals surface area contributed by atoms with Gasteiger partial charge < -0.3 is 4.74 Å². The Hall–Kier alpha value is -2.62. The summed E-state index contributed by atoms with van der Waals surface area (Å²) in [5.74, 6) is 2.22. The Kier molecular flexibility index (Phi) is 3.46. The van der Waals surface area contributed by atoms with E-state index in [1.54, 1.807) is 0 Å². The van der Waals surface area contributed by atoms with Crippen molar-refractivity contribution < 1.29 is 4.74 Å². The zero-order valence-corrected chi connectivity index (χ0v) is 11.2. The van der Waals surface area contributed by atoms with E-state index in [-0.39, 0.29) is 6.10 Å². The average Bonchev–Trinajstić information content (AvgIpc) is 2.99. The number of benzene rings is 2. The second-order valence-corrected chi connectivity index (χ2v) is 4.48. The molecule has 0 amide bonds. The van der Waals surface area contributed by atoms with Crippen molar-refractivity contribution in [3.05, 3.63) is 66.5 Å². The highest BCUT2D eigenvalue weighted by Crippen LogP contribution is 2.21. The summed E-state index contributed by atoms with van der Waals surface area (Å²) in [6.07, 6.45) is -0.178. The monoisotopic (exact) mass is 265 g/mol. The maximum absolute atomic E-state index is 5.82. The van der Waals surface area contributed by atoms with Gasteiger partial charge >= 0.3 is 0 Å². The Morgan fingerprint density at radius 1 is 0.950 bits per heavy atom. The van der Waals surface area contributed by atoms with E-state index < -0.39 is 0 Å². The molecule has 4 nitrogen and oxygen atoms in total. The highest BCUT2D eigenvalue weighted by molar-refractivity contribution is 5.53. The van der Waals surface area contributed by atoms with E-state index in [2.05, 4.69) is 15.2 Å². The first kappa shape index (κ1) is 12.4. The number of ether oxygens (including phenoxy) is 1. The molecule has 0 radical (unpaired) electrons. The molecule has 0 saturated carbocycles. The fourth-order valence-electron chi connectivity index (χ4n) is 1.93. The second-order valence-electron chi connectivity index (χ2n) is 4.48. The molecule has 4 heteroatoms. The van der Waals surface area contributed by atoms with Crippen molar-refractivity contribution >= 4 is 0 Å². The van der Waals surface area contributed by atoms with Gasteiger partial charge in [-0.2, -0.15) is 5.10 Å². The summed E-state index contributed by atoms with van der Waals surface area (Å²) in [5.41, 5.74) is 0.988. The van der Waals surface area contributed by atoms with Gasteiger partial charge in [-0.05, 0) is 19.1 Å². The second kappa shape index (κ2) is 5.57. The predicted molar refractivity (Wildman–Crippen MR) is 77.3 cm³/mol. The molecule has 0 aliphatic rings. The molecule has 0 spiro atoms. The number of hydrogen-bond donors (Lipinski definition) is 1. The molecule has 0 fully saturated rings. The number of aromatic amines is 1. The number of para-hydroxylation sites is 1. The van der Waals surface area contributed by atoms with Crippen molar-refractivity contribution in [3.63, 3.8) is 0 Å². The van der Waals surface area contributed by atoms with Gasteiger partial charge in [0.15, 0.2) is 17.8 Å². The lowest BCUT2D eigenvalue weighted by Crippen LogP contribution is -2.05. The van der Waals surface area contributed by atoms with E-state index in [9.17, 15) is 0 Å². The van der Waals surface area contributed by atoms with E-state index in [1.165, 1.54) is 0 Å². The van der Waals surface area contributed by atoms with Crippen molar-refractivity contribution in [2.24, 2.45) is 0 Å². The lowest BCUT2D eigenvalue weighted by atomic mass is 10.2. The van der Waals surface area contributed by atoms with Crippen molar-refractivity contribution in [1.29, 1.82) is 0 Å². The van der Waals surface area contributed by atoms with Crippen LogP contribution in [0.15, 0.2) is 60.7 Å². The molecule has 2 aromatic carbocycles. The van der Waals surface area contributed by atoms with Crippen LogP contribution in [0.3, 0.4) is 0 Å². The maximum Gasteiger partial charge on any atom is 0.181 e. The van der Waals surface area contributed by atoms with Crippen LogP contribution in [0, 0.1) is 0 Å². The van der Waals surface area contributed by atoms with Crippen molar-refractivity contribution in [2.45, 2.75) is 13.0 Å². The van der Waals surface area contributed by atoms with Crippen LogP contribution in [0.5, 0.6) is 5.75 Å². The third kappa shape index (κ3) is 2.69. The molecule has 3 rings (SSSR count). The summed E-state index contributed by atoms with van der Waals surface area (Å²) in [6, 6.07) is 19.6. The molecule has 1 N–H and O–H groups in total. The predicted octanol–water partition coefficient (Wildman–Crippen LogP) is 3.61. The van der Waals surface area contributed by atoms with Crippen LogP contribution in [0.2, 0.25) is 0 Å². The van der Waals surface area contributed by atoms with Crippen LogP contribution in [-0.4, -0.2) is 15.2 Å². The number of aromatic nitrogens is 3. The topological polar surface area (TPSA) is 50.8 Å². The summed E-state index contributed by atoms with van der Waals surface area (Å²) in [4.78, 5) is 4.48. The average molecular weight is 265 g/mol. The minimum atomic E-state index is -0.178. The summed E-state index contributed by atoms with van der Waals surface area (Å²) < 4.78 is 5.82. The molecule has 0 aliphatic heterocycles. The molecule has 0 unspecified atom stereocenters. The van der Waals surface area contributed by atoms with E-state index in [0.29, 0.717) is 11.6 Å². The Balaban J connectivity index is 1.77. The number of rotatable bonds is 4. The minimum Gasteiger partial charge on any atom is -0.483 e. The normalized spacial score (nSPS) is 12.1. The molecule has 1 heterocycles. The fraction of sp³-hybridized carbons (Fsp3) is 0.125. The van der Waals surface area contributed by atoms with Crippen LogP contribution in [0.25, 0.3) is 11.4 Å². The summed E-state index contributed by atoms with van der Waals surface area (Å²) in [7, 11) is 0. The van der Waals surface area contributed by atoms with Crippen molar-refractivity contribution in [2.75, 3.05) is 0 Å². The number of nitrogens with one attached hydrogen (secondary N) is 1. The largest absolute Gasteiger partial charge is 0.483 e. The Morgan fingerprint density at radius 2 is 1.60 bits per heavy atom. The van der Waals surface area contributed by atoms with E-state index in [0.717, 1.165) is 11.3 Å². The Morgan fingerprint density at radius 3 is 2.30 bits per heavy atom. The minimum absolute atomic E-state index is 0.178. The Bertz CT molecular complexity index is 664. The third-order valence-corrected chi connectivity index (χ3v) is 2.98. The van der Waals surface area contributed by atoms with E-state index in [1.807, 2.05) is 67.6 Å². The van der Waals surface area contributed by atoms with Gasteiger partial charge in [-0.3, -0.25) is 5.10 Å². The molecule has 0 saturated heterocycles. The van der Waals surface area contributed by atoms with Crippen molar-refractivity contribution in [3.8, 4) is 17.1 Å². The van der Waals surface area contributed by atoms with Crippen LogP contribution >= 0.6 is 0 Å². The summed E-state index contributed by atoms with van der Waals surface area (Å²) >= 11 is 0. The van der Waals surface area contributed by atoms with Gasteiger partial charge in [0, 0.05) is 5.56 Å². The maximum atomic E-state index is 5.82. The molecular weight excluding hydrogens is 250 g/mol. The van der Waals surface area contributed by atoms with Gasteiger partial charge in [-0.25, -0.2) is 4.98 Å². The highest BCUT2D eigenvalue weighted by Gasteiger charge is 2.13. The van der Waals surface area contributed by atoms with Crippen LogP contribution < -0.4 is 4.74 Å². The van der Waals surface area contributed by atoms with Gasteiger partial charge in [0.1, 0.15) is 5.75 Å². The van der Waals surface area contributed by atoms with E-state index >= 15 is 0 Å². The molecular formula is C16H15N3O. The molecule has 1 aromatic heterocycles. The van der Waals surface area contributed by atoms with Gasteiger partial charge in [0.05, 0.1) is 0 Å². The lowest BCUT2D eigenvalue weighted by Gasteiger charge is -2.11. The standard InChI is InChI=1S/C16H15N3O/c1-12(20-14-10-6-3-7-11-14)15-17-16(19-18-15)13-8-4-2-5-9-13/h2-12H,1H3,(H,17,18,19)/t12-/m1/s1. The van der Waals surface area contributed by atoms with Gasteiger partial charge in [0.25, 0.3) is 0 Å². The fourth-order valence-corrected chi connectivity index (χ4v) is 1.93. The quantitative estimate of drug-likeness (QED) is 0.784. The molecule has 0 bridgehead atoms. The molecule has 100 valence electrons. The van der Waals surface area contributed by atoms with Crippen LogP contribution in [0.4, 0.5) is 0 Å². The highest BCUT2D eigenvalue weighted by atomic mass is 16.5. The van der Waals surface area contributed by atoms with Gasteiger partial charge in [-0.15, -0.1) is 0 Å². The zero-order valence-electron chi connectivity index (χ0n) is 11.2. The van der Waals surface area contributed by atoms with Gasteiger partial charge in [-0.1, -0.05) is 48.5 Å².